The molecule has 16 rings (SSSR count). The molecule has 1 saturated carbocycles. The van der Waals surface area contributed by atoms with E-state index in [1.807, 2.05) is 45.9 Å². The molecule has 0 bridgehead atoms. The van der Waals surface area contributed by atoms with E-state index in [1.165, 1.54) is 12.1 Å². The van der Waals surface area contributed by atoms with Crippen molar-refractivity contribution in [2.45, 2.75) is 141 Å². The first-order valence-corrected chi connectivity index (χ1v) is 33.3. The van der Waals surface area contributed by atoms with Crippen molar-refractivity contribution < 1.29 is 70.5 Å². The van der Waals surface area contributed by atoms with Gasteiger partial charge in [0.05, 0.1) is 71.8 Å². The van der Waals surface area contributed by atoms with E-state index in [4.69, 9.17) is 25.7 Å². The number of benzene rings is 3. The van der Waals surface area contributed by atoms with Gasteiger partial charge in [-0.25, -0.2) is 27.6 Å². The third-order valence-corrected chi connectivity index (χ3v) is 22.4. The normalized spacial score (nSPS) is 32.9. The lowest BCUT2D eigenvalue weighted by atomic mass is 9.66. The third-order valence-electron chi connectivity index (χ3n) is 22.4. The minimum Gasteiger partial charge on any atom is -0.372 e. The highest BCUT2D eigenvalue weighted by Gasteiger charge is 2.67. The Bertz CT molecular complexity index is 3750. The van der Waals surface area contributed by atoms with Gasteiger partial charge in [-0.3, -0.25) is 60.7 Å². The lowest BCUT2D eigenvalue weighted by Gasteiger charge is -2.55. The van der Waals surface area contributed by atoms with Crippen LogP contribution in [0.25, 0.3) is 0 Å². The van der Waals surface area contributed by atoms with Crippen LogP contribution in [0.1, 0.15) is 71.6 Å². The third kappa shape index (κ3) is 10.4. The molecule has 514 valence electrons. The number of halogens is 3. The standard InChI is InChI=1S/C23H30FN5O4.C22H26FN5O4.C21H26FN5O4/c1-11-9-29-18-15(6-16(7-17(18)24)28-5-4-14(10-28)12(2)25)8-23(19(29)13(3)33-11)20(30)26-22(32)27-21(23)31;1-9-6-28-17-11(3-12(4-15(17)23)27-7-13-14(8-27)16(13)24)5-22(18(28)10(2)32-9)19(29)25-21(31)26-20(22)30;1-11-10-27-16-13(7-14(8-15(16)22)26-5-3-23-4-6-26)9-21(17(27)12(2)31-11)18(28)24-20(30)25-19(21)29/h6-7,11-14,19H,4-5,8-10,25H2,1-3H3,(H2,26,27,30,31,32);3-4,9-10,13-14,16,18H,5-8,24H2,1-2H3,(H2,25,26,29,30,31);7-8,11-12,17,23H,3-6,9-10H2,1-2H3,(H2,24,25,28,29,30)/t11-,12-,13+,14?,19-;9-,10+,13-,14+,16?,18-;11-,12+,17-/m111/s1. The van der Waals surface area contributed by atoms with E-state index in [-0.39, 0.29) is 67.1 Å². The van der Waals surface area contributed by atoms with Gasteiger partial charge in [-0.15, -0.1) is 0 Å². The molecule has 0 aromatic heterocycles. The average Bonchev–Trinajstić information content (AvgIpc) is 1.01. The summed E-state index contributed by atoms with van der Waals surface area (Å²) in [6.45, 7) is 20.1. The maximum Gasteiger partial charge on any atom is 0.328 e. The second kappa shape index (κ2) is 23.8. The number of ether oxygens (including phenoxy) is 3. The number of hydrogen-bond acceptors (Lipinski definition) is 21. The van der Waals surface area contributed by atoms with Crippen LogP contribution in [0.5, 0.6) is 0 Å². The van der Waals surface area contributed by atoms with Crippen LogP contribution in [0, 0.1) is 51.5 Å². The predicted octanol–water partition coefficient (Wildman–Crippen LogP) is 1.13. The number of piperidine rings is 1. The number of carbonyl (C=O) groups is 9. The Hall–Kier alpha value is -8.16. The van der Waals surface area contributed by atoms with E-state index in [0.29, 0.717) is 76.8 Å². The van der Waals surface area contributed by atoms with Crippen molar-refractivity contribution in [1.29, 1.82) is 0 Å². The molecule has 12 amide bonds. The number of anilines is 6. The van der Waals surface area contributed by atoms with Gasteiger partial charge in [0.25, 0.3) is 0 Å². The number of rotatable bonds is 4. The molecule has 12 aliphatic heterocycles. The summed E-state index contributed by atoms with van der Waals surface area (Å²) in [5.74, 6) is -3.97. The van der Waals surface area contributed by atoms with E-state index in [2.05, 4.69) is 51.9 Å². The highest BCUT2D eigenvalue weighted by atomic mass is 19.1. The monoisotopic (exact) mass is 1330 g/mol. The van der Waals surface area contributed by atoms with Crippen LogP contribution >= 0.6 is 0 Å². The largest absolute Gasteiger partial charge is 0.372 e. The van der Waals surface area contributed by atoms with Gasteiger partial charge in [-0.05, 0) is 126 Å². The van der Waals surface area contributed by atoms with Gasteiger partial charge in [-0.1, -0.05) is 0 Å². The van der Waals surface area contributed by atoms with Crippen LogP contribution < -0.4 is 78.1 Å². The number of amides is 12. The predicted molar refractivity (Wildman–Crippen MR) is 342 cm³/mol. The molecule has 0 radical (unpaired) electrons. The molecule has 3 spiro atoms. The van der Waals surface area contributed by atoms with Gasteiger partial charge < -0.3 is 60.4 Å². The average molecular weight is 1330 g/mol. The Kier molecular flexibility index (Phi) is 16.2. The Morgan fingerprint density at radius 3 is 1.10 bits per heavy atom. The number of nitrogens with zero attached hydrogens (tertiary/aromatic N) is 6. The van der Waals surface area contributed by atoms with E-state index in [1.54, 1.807) is 41.5 Å². The number of morpholine rings is 3. The molecule has 3 aromatic rings. The molecule has 2 unspecified atom stereocenters. The molecule has 30 heteroatoms. The van der Waals surface area contributed by atoms with E-state index in [0.717, 1.165) is 70.2 Å². The van der Waals surface area contributed by atoms with Crippen molar-refractivity contribution in [3.63, 3.8) is 0 Å². The fourth-order valence-electron chi connectivity index (χ4n) is 18.3. The number of nitrogens with one attached hydrogen (secondary N) is 7. The summed E-state index contributed by atoms with van der Waals surface area (Å²) < 4.78 is 64.7. The quantitative estimate of drug-likeness (QED) is 0.165. The molecular weight excluding hydrogens is 1250 g/mol. The van der Waals surface area contributed by atoms with Crippen LogP contribution in [-0.4, -0.2) is 192 Å². The van der Waals surface area contributed by atoms with Crippen molar-refractivity contribution in [3.8, 4) is 0 Å². The maximum atomic E-state index is 15.7. The van der Waals surface area contributed by atoms with Crippen LogP contribution in [0.3, 0.4) is 0 Å². The van der Waals surface area contributed by atoms with Gasteiger partial charge in [0.1, 0.15) is 17.5 Å². The highest BCUT2D eigenvalue weighted by Crippen LogP contribution is 2.53. The second-order valence-electron chi connectivity index (χ2n) is 28.6. The van der Waals surface area contributed by atoms with Gasteiger partial charge in [0.2, 0.25) is 35.4 Å². The molecule has 27 nitrogen and oxygen atoms in total. The topological polar surface area (TPSA) is 337 Å². The Labute approximate surface area is 551 Å². The first kappa shape index (κ1) is 65.1. The summed E-state index contributed by atoms with van der Waals surface area (Å²) in [6, 6.07) is 5.78. The zero-order valence-electron chi connectivity index (χ0n) is 54.5. The van der Waals surface area contributed by atoms with Crippen LogP contribution in [0.15, 0.2) is 36.4 Å². The highest BCUT2D eigenvalue weighted by molar-refractivity contribution is 6.22. The zero-order chi connectivity index (χ0) is 68.1. The number of nitrogens with two attached hydrogens (primary N) is 2. The first-order chi connectivity index (χ1) is 45.6. The number of fused-ring (bicyclic) bond motifs is 13. The molecule has 11 N–H and O–H groups in total. The van der Waals surface area contributed by atoms with E-state index >= 15 is 13.2 Å². The van der Waals surface area contributed by atoms with Crippen molar-refractivity contribution in [1.82, 2.24) is 37.2 Å². The molecular formula is C66H82F3N15O12. The molecule has 10 fully saturated rings. The molecule has 12 heterocycles. The molecule has 14 atom stereocenters. The Morgan fingerprint density at radius 2 is 0.781 bits per heavy atom. The summed E-state index contributed by atoms with van der Waals surface area (Å²) in [5, 5.41) is 16.8. The number of barbiturate groups is 3. The minimum atomic E-state index is -1.61. The van der Waals surface area contributed by atoms with Crippen molar-refractivity contribution in [3.05, 3.63) is 70.5 Å². The number of hydrogen-bond donors (Lipinski definition) is 9. The molecule has 96 heavy (non-hydrogen) atoms. The number of imide groups is 6. The maximum absolute atomic E-state index is 15.7. The lowest BCUT2D eigenvalue weighted by molar-refractivity contribution is -0.154. The van der Waals surface area contributed by atoms with Crippen LogP contribution in [0.4, 0.5) is 61.7 Å². The summed E-state index contributed by atoms with van der Waals surface area (Å²) >= 11 is 0. The van der Waals surface area contributed by atoms with Crippen LogP contribution in [0.2, 0.25) is 0 Å². The van der Waals surface area contributed by atoms with Crippen molar-refractivity contribution in [2.24, 2.45) is 45.5 Å². The van der Waals surface area contributed by atoms with Gasteiger partial charge in [-0.2, -0.15) is 0 Å². The molecule has 13 aliphatic rings. The van der Waals surface area contributed by atoms with E-state index < -0.39 is 106 Å². The first-order valence-electron chi connectivity index (χ1n) is 33.3. The van der Waals surface area contributed by atoms with E-state index in [9.17, 15) is 43.2 Å². The lowest BCUT2D eigenvalue weighted by Crippen LogP contribution is -2.75. The van der Waals surface area contributed by atoms with Crippen molar-refractivity contribution in [2.75, 3.05) is 101 Å². The zero-order valence-corrected chi connectivity index (χ0v) is 54.5. The second-order valence-corrected chi connectivity index (χ2v) is 28.6. The fourth-order valence-corrected chi connectivity index (χ4v) is 18.3. The summed E-state index contributed by atoms with van der Waals surface area (Å²) in [6.07, 6.45) is -1.34. The van der Waals surface area contributed by atoms with Crippen molar-refractivity contribution >= 4 is 87.7 Å². The number of piperazine rings is 1. The van der Waals surface area contributed by atoms with Gasteiger partial charge >= 0.3 is 18.1 Å². The van der Waals surface area contributed by atoms with Gasteiger partial charge in [0.15, 0.2) is 16.2 Å². The molecule has 1 aliphatic carbocycles. The Morgan fingerprint density at radius 1 is 0.458 bits per heavy atom. The van der Waals surface area contributed by atoms with Crippen LogP contribution in [-0.2, 0) is 62.2 Å². The minimum absolute atomic E-state index is 0.00657. The molecule has 3 aromatic carbocycles. The molecule has 9 saturated heterocycles. The smallest absolute Gasteiger partial charge is 0.328 e. The fraction of sp³-hybridized carbons (Fsp3) is 0.591. The Balaban J connectivity index is 0.000000124. The summed E-state index contributed by atoms with van der Waals surface area (Å²) in [5.41, 5.74) is 12.5. The SMILES string of the molecule is C[C@@H]1CN2c3c(F)cc(N4CCC([C@@H](C)N)C4)cc3CC3(C(=O)NC(=O)NC3=O)[C@H]2[C@H](C)O1.C[C@@H]1CN2c3c(F)cc(N4CCNCC4)cc3CC3(C(=O)NC(=O)NC3=O)[C@H]2[C@H](C)O1.C[C@@H]1CN2c3c(F)cc(N4C[C@@H]5C(N)[C@@H]5C4)cc3CC3(C(=O)NC(=O)NC3=O)[C@H]2[C@H](C)O1. The summed E-state index contributed by atoms with van der Waals surface area (Å²) in [7, 11) is 0. The summed E-state index contributed by atoms with van der Waals surface area (Å²) in [4.78, 5) is 126. The number of urea groups is 3. The number of carbonyl (C=O) groups excluding carboxylic acids is 9. The van der Waals surface area contributed by atoms with Gasteiger partial charge in [0, 0.05) is 120 Å².